The summed E-state index contributed by atoms with van der Waals surface area (Å²) in [5.74, 6) is -0.307. The Labute approximate surface area is 117 Å². The van der Waals surface area contributed by atoms with Crippen molar-refractivity contribution in [3.63, 3.8) is 0 Å². The van der Waals surface area contributed by atoms with Crippen LogP contribution in [-0.2, 0) is 6.54 Å². The van der Waals surface area contributed by atoms with Crippen molar-refractivity contribution in [2.24, 2.45) is 0 Å². The van der Waals surface area contributed by atoms with Gasteiger partial charge in [0.25, 0.3) is 0 Å². The highest BCUT2D eigenvalue weighted by atomic mass is 19.1. The Morgan fingerprint density at radius 3 is 2.40 bits per heavy atom. The first-order valence-corrected chi connectivity index (χ1v) is 6.42. The Bertz CT molecular complexity index is 566. The molecule has 0 bridgehead atoms. The second kappa shape index (κ2) is 6.48. The lowest BCUT2D eigenvalue weighted by atomic mass is 10.1. The van der Waals surface area contributed by atoms with E-state index in [1.165, 1.54) is 18.2 Å². The average molecular weight is 277 g/mol. The number of benzene rings is 2. The van der Waals surface area contributed by atoms with Crippen LogP contribution in [0.25, 0.3) is 0 Å². The average Bonchev–Trinajstić information content (AvgIpc) is 2.46. The number of hydrogen-bond acceptors (Lipinski definition) is 2. The quantitative estimate of drug-likeness (QED) is 0.897. The molecule has 0 saturated heterocycles. The summed E-state index contributed by atoms with van der Waals surface area (Å²) in [6.07, 6.45) is 0. The molecule has 0 aromatic heterocycles. The van der Waals surface area contributed by atoms with Gasteiger partial charge in [0.05, 0.1) is 7.11 Å². The molecule has 2 nitrogen and oxygen atoms in total. The third kappa shape index (κ3) is 3.33. The molecule has 20 heavy (non-hydrogen) atoms. The third-order valence-corrected chi connectivity index (χ3v) is 3.24. The molecule has 0 aliphatic carbocycles. The van der Waals surface area contributed by atoms with E-state index in [0.717, 1.165) is 11.3 Å². The minimum atomic E-state index is -0.532. The van der Waals surface area contributed by atoms with E-state index in [1.54, 1.807) is 7.11 Å². The molecule has 2 aromatic rings. The first kappa shape index (κ1) is 14.5. The van der Waals surface area contributed by atoms with Crippen LogP contribution < -0.4 is 10.1 Å². The fourth-order valence-corrected chi connectivity index (χ4v) is 1.99. The van der Waals surface area contributed by atoms with Crippen molar-refractivity contribution in [3.8, 4) is 5.75 Å². The van der Waals surface area contributed by atoms with Crippen LogP contribution in [0.15, 0.2) is 42.5 Å². The second-order valence-electron chi connectivity index (χ2n) is 4.58. The van der Waals surface area contributed by atoms with Gasteiger partial charge in [-0.3, -0.25) is 0 Å². The van der Waals surface area contributed by atoms with Gasteiger partial charge in [-0.1, -0.05) is 18.2 Å². The maximum absolute atomic E-state index is 13.5. The SMILES string of the molecule is COc1cccc(C(C)NCc2c(F)cccc2F)c1. The van der Waals surface area contributed by atoms with Gasteiger partial charge in [-0.15, -0.1) is 0 Å². The summed E-state index contributed by atoms with van der Waals surface area (Å²) in [5.41, 5.74) is 1.06. The Morgan fingerprint density at radius 1 is 1.10 bits per heavy atom. The largest absolute Gasteiger partial charge is 0.497 e. The topological polar surface area (TPSA) is 21.3 Å². The smallest absolute Gasteiger partial charge is 0.130 e. The molecule has 0 radical (unpaired) electrons. The first-order chi connectivity index (χ1) is 9.61. The summed E-state index contributed by atoms with van der Waals surface area (Å²) < 4.78 is 32.2. The van der Waals surface area contributed by atoms with Crippen LogP contribution in [0.2, 0.25) is 0 Å². The summed E-state index contributed by atoms with van der Waals surface area (Å²) in [7, 11) is 1.60. The molecular weight excluding hydrogens is 260 g/mol. The highest BCUT2D eigenvalue weighted by Gasteiger charge is 2.11. The summed E-state index contributed by atoms with van der Waals surface area (Å²) >= 11 is 0. The van der Waals surface area contributed by atoms with Gasteiger partial charge in [-0.05, 0) is 36.8 Å². The van der Waals surface area contributed by atoms with E-state index in [4.69, 9.17) is 4.74 Å². The van der Waals surface area contributed by atoms with Gasteiger partial charge < -0.3 is 10.1 Å². The molecule has 0 spiro atoms. The minimum absolute atomic E-state index is 0.0379. The van der Waals surface area contributed by atoms with Crippen LogP contribution in [0.3, 0.4) is 0 Å². The normalized spacial score (nSPS) is 12.2. The number of rotatable bonds is 5. The van der Waals surface area contributed by atoms with Gasteiger partial charge in [-0.2, -0.15) is 0 Å². The van der Waals surface area contributed by atoms with Gasteiger partial charge in [-0.25, -0.2) is 8.78 Å². The van der Waals surface area contributed by atoms with Crippen molar-refractivity contribution in [3.05, 3.63) is 65.2 Å². The van der Waals surface area contributed by atoms with Crippen molar-refractivity contribution in [1.29, 1.82) is 0 Å². The molecule has 2 rings (SSSR count). The highest BCUT2D eigenvalue weighted by Crippen LogP contribution is 2.20. The molecule has 0 heterocycles. The molecule has 0 fully saturated rings. The molecule has 0 aliphatic heterocycles. The zero-order valence-electron chi connectivity index (χ0n) is 11.5. The van der Waals surface area contributed by atoms with Crippen LogP contribution in [0.5, 0.6) is 5.75 Å². The van der Waals surface area contributed by atoms with Crippen molar-refractivity contribution < 1.29 is 13.5 Å². The fourth-order valence-electron chi connectivity index (χ4n) is 1.99. The molecule has 0 amide bonds. The summed E-state index contributed by atoms with van der Waals surface area (Å²) in [4.78, 5) is 0. The fraction of sp³-hybridized carbons (Fsp3) is 0.250. The third-order valence-electron chi connectivity index (χ3n) is 3.24. The molecule has 0 aliphatic rings. The van der Waals surface area contributed by atoms with E-state index < -0.39 is 11.6 Å². The van der Waals surface area contributed by atoms with E-state index in [2.05, 4.69) is 5.32 Å². The van der Waals surface area contributed by atoms with Gasteiger partial charge >= 0.3 is 0 Å². The van der Waals surface area contributed by atoms with Crippen LogP contribution in [-0.4, -0.2) is 7.11 Å². The number of nitrogens with one attached hydrogen (secondary N) is 1. The Morgan fingerprint density at radius 2 is 1.75 bits per heavy atom. The van der Waals surface area contributed by atoms with Crippen molar-refractivity contribution in [1.82, 2.24) is 5.32 Å². The van der Waals surface area contributed by atoms with Gasteiger partial charge in [0, 0.05) is 18.2 Å². The Balaban J connectivity index is 2.06. The molecule has 1 N–H and O–H groups in total. The van der Waals surface area contributed by atoms with E-state index >= 15 is 0 Å². The Hall–Kier alpha value is -1.94. The van der Waals surface area contributed by atoms with Gasteiger partial charge in [0.15, 0.2) is 0 Å². The highest BCUT2D eigenvalue weighted by molar-refractivity contribution is 5.30. The molecule has 0 saturated carbocycles. The lowest BCUT2D eigenvalue weighted by molar-refractivity contribution is 0.413. The second-order valence-corrected chi connectivity index (χ2v) is 4.58. The number of hydrogen-bond donors (Lipinski definition) is 1. The molecule has 106 valence electrons. The number of methoxy groups -OCH3 is 1. The summed E-state index contributed by atoms with van der Waals surface area (Å²) in [5, 5.41) is 3.11. The van der Waals surface area contributed by atoms with E-state index in [1.807, 2.05) is 31.2 Å². The maximum Gasteiger partial charge on any atom is 0.130 e. The van der Waals surface area contributed by atoms with Crippen LogP contribution >= 0.6 is 0 Å². The predicted molar refractivity (Wildman–Crippen MR) is 74.6 cm³/mol. The number of ether oxygens (including phenoxy) is 1. The molecule has 1 unspecified atom stereocenters. The molecular formula is C16H17F2NO. The zero-order valence-corrected chi connectivity index (χ0v) is 11.5. The van der Waals surface area contributed by atoms with Crippen molar-refractivity contribution in [2.45, 2.75) is 19.5 Å². The molecule has 2 aromatic carbocycles. The Kier molecular flexibility index (Phi) is 4.69. The zero-order chi connectivity index (χ0) is 14.5. The monoisotopic (exact) mass is 277 g/mol. The summed E-state index contributed by atoms with van der Waals surface area (Å²) in [6, 6.07) is 11.4. The maximum atomic E-state index is 13.5. The van der Waals surface area contributed by atoms with E-state index in [9.17, 15) is 8.78 Å². The number of halogens is 2. The lowest BCUT2D eigenvalue weighted by Crippen LogP contribution is -2.19. The van der Waals surface area contributed by atoms with E-state index in [-0.39, 0.29) is 18.2 Å². The molecule has 1 atom stereocenters. The van der Waals surface area contributed by atoms with Crippen LogP contribution in [0, 0.1) is 11.6 Å². The van der Waals surface area contributed by atoms with Crippen molar-refractivity contribution >= 4 is 0 Å². The molecule has 4 heteroatoms. The van der Waals surface area contributed by atoms with E-state index in [0.29, 0.717) is 0 Å². The first-order valence-electron chi connectivity index (χ1n) is 6.42. The van der Waals surface area contributed by atoms with Gasteiger partial charge in [0.1, 0.15) is 17.4 Å². The standard InChI is InChI=1S/C16H17F2NO/c1-11(12-5-3-6-13(9-12)20-2)19-10-14-15(17)7-4-8-16(14)18/h3-9,11,19H,10H2,1-2H3. The minimum Gasteiger partial charge on any atom is -0.497 e. The van der Waals surface area contributed by atoms with Crippen LogP contribution in [0.4, 0.5) is 8.78 Å². The summed E-state index contributed by atoms with van der Waals surface area (Å²) in [6.45, 7) is 2.07. The van der Waals surface area contributed by atoms with Crippen LogP contribution in [0.1, 0.15) is 24.1 Å². The lowest BCUT2D eigenvalue weighted by Gasteiger charge is -2.15. The van der Waals surface area contributed by atoms with Gasteiger partial charge in [0.2, 0.25) is 0 Å². The predicted octanol–water partition coefficient (Wildman–Crippen LogP) is 3.82. The van der Waals surface area contributed by atoms with Crippen molar-refractivity contribution in [2.75, 3.05) is 7.11 Å².